The van der Waals surface area contributed by atoms with Crippen LogP contribution in [-0.4, -0.2) is 29.4 Å². The topological polar surface area (TPSA) is 70.0 Å². The number of benzene rings is 2. The summed E-state index contributed by atoms with van der Waals surface area (Å²) in [6.07, 6.45) is 5.69. The van der Waals surface area contributed by atoms with Gasteiger partial charge in [0.25, 0.3) is 5.91 Å². The van der Waals surface area contributed by atoms with Crippen LogP contribution >= 0.6 is 0 Å². The first-order valence-electron chi connectivity index (χ1n) is 9.44. The van der Waals surface area contributed by atoms with Gasteiger partial charge in [-0.2, -0.15) is 10.2 Å². The van der Waals surface area contributed by atoms with Crippen LogP contribution in [0.15, 0.2) is 83.3 Å². The number of nitrogens with zero attached hydrogens (tertiary/aromatic N) is 4. The fourth-order valence-corrected chi connectivity index (χ4v) is 3.06. The number of aromatic nitrogens is 1. The molecule has 1 aliphatic rings. The number of nitrogens with one attached hydrogen (secondary N) is 1. The highest BCUT2D eigenvalue weighted by Gasteiger charge is 2.17. The summed E-state index contributed by atoms with van der Waals surface area (Å²) in [5.74, 6) is -0.268. The van der Waals surface area contributed by atoms with Gasteiger partial charge >= 0.3 is 0 Å². The molecule has 0 unspecified atom stereocenters. The van der Waals surface area contributed by atoms with Gasteiger partial charge in [0.15, 0.2) is 0 Å². The summed E-state index contributed by atoms with van der Waals surface area (Å²) in [7, 11) is 0. The summed E-state index contributed by atoms with van der Waals surface area (Å²) in [4.78, 5) is 15.8. The molecule has 0 saturated carbocycles. The third-order valence-electron chi connectivity index (χ3n) is 4.70. The molecule has 0 spiro atoms. The molecule has 6 nitrogen and oxygen atoms in total. The molecule has 0 fully saturated rings. The first-order valence-corrected chi connectivity index (χ1v) is 9.44. The maximum Gasteiger partial charge on any atom is 0.271 e. The van der Waals surface area contributed by atoms with E-state index in [4.69, 9.17) is 5.10 Å². The molecule has 1 aromatic heterocycles. The summed E-state index contributed by atoms with van der Waals surface area (Å²) in [5, 5.41) is 10.8. The Bertz CT molecular complexity index is 1040. The highest BCUT2D eigenvalue weighted by molar-refractivity contribution is 6.02. The number of aryl methyl sites for hydroxylation is 1. The van der Waals surface area contributed by atoms with E-state index in [0.29, 0.717) is 5.56 Å². The average Bonchev–Trinajstić information content (AvgIpc) is 3.25. The monoisotopic (exact) mass is 383 g/mol. The van der Waals surface area contributed by atoms with Crippen LogP contribution < -0.4 is 10.4 Å². The fraction of sp³-hybridized carbons (Fsp3) is 0.130. The van der Waals surface area contributed by atoms with Crippen molar-refractivity contribution in [2.75, 3.05) is 11.6 Å². The van der Waals surface area contributed by atoms with Gasteiger partial charge in [0.05, 0.1) is 17.6 Å². The maximum atomic E-state index is 12.0. The van der Waals surface area contributed by atoms with Crippen molar-refractivity contribution >= 4 is 23.5 Å². The third kappa shape index (κ3) is 4.55. The van der Waals surface area contributed by atoms with Crippen LogP contribution in [0.3, 0.4) is 0 Å². The second-order valence-electron chi connectivity index (χ2n) is 6.81. The molecule has 6 heteroatoms. The lowest BCUT2D eigenvalue weighted by atomic mass is 10.1. The van der Waals surface area contributed by atoms with Crippen LogP contribution in [0.25, 0.3) is 0 Å². The van der Waals surface area contributed by atoms with E-state index in [1.165, 1.54) is 11.1 Å². The van der Waals surface area contributed by atoms with Crippen molar-refractivity contribution in [2.24, 2.45) is 10.2 Å². The lowest BCUT2D eigenvalue weighted by Crippen LogP contribution is -2.17. The first kappa shape index (κ1) is 18.6. The number of pyridine rings is 1. The average molecular weight is 383 g/mol. The molecule has 0 radical (unpaired) electrons. The minimum Gasteiger partial charge on any atom is -0.267 e. The number of hydrazone groups is 2. The summed E-state index contributed by atoms with van der Waals surface area (Å²) in [5.41, 5.74) is 8.49. The van der Waals surface area contributed by atoms with Crippen molar-refractivity contribution in [3.8, 4) is 0 Å². The molecule has 4 rings (SSSR count). The number of carbonyl (C=O) groups is 1. The number of carbonyl (C=O) groups excluding carboxylic acids is 1. The van der Waals surface area contributed by atoms with E-state index in [9.17, 15) is 4.79 Å². The van der Waals surface area contributed by atoms with E-state index in [-0.39, 0.29) is 5.91 Å². The molecule has 2 heterocycles. The van der Waals surface area contributed by atoms with Crippen LogP contribution in [0.1, 0.15) is 33.5 Å². The smallest absolute Gasteiger partial charge is 0.267 e. The molecule has 29 heavy (non-hydrogen) atoms. The van der Waals surface area contributed by atoms with Gasteiger partial charge in [0.2, 0.25) is 0 Å². The molecule has 1 aliphatic heterocycles. The number of rotatable bonds is 5. The van der Waals surface area contributed by atoms with E-state index < -0.39 is 0 Å². The van der Waals surface area contributed by atoms with Gasteiger partial charge in [-0.25, -0.2) is 5.43 Å². The van der Waals surface area contributed by atoms with Gasteiger partial charge in [-0.1, -0.05) is 42.0 Å². The van der Waals surface area contributed by atoms with E-state index in [0.717, 1.165) is 29.9 Å². The number of hydrogen-bond donors (Lipinski definition) is 1. The Hall–Kier alpha value is -3.80. The van der Waals surface area contributed by atoms with Gasteiger partial charge in [0, 0.05) is 30.9 Å². The van der Waals surface area contributed by atoms with Crippen LogP contribution in [0.2, 0.25) is 0 Å². The Morgan fingerprint density at radius 1 is 1.03 bits per heavy atom. The molecule has 2 aromatic carbocycles. The Morgan fingerprint density at radius 3 is 2.48 bits per heavy atom. The number of amides is 1. The second kappa shape index (κ2) is 8.48. The fourth-order valence-electron chi connectivity index (χ4n) is 3.06. The Kier molecular flexibility index (Phi) is 5.42. The highest BCUT2D eigenvalue weighted by Crippen LogP contribution is 2.22. The number of hydrogen-bond acceptors (Lipinski definition) is 5. The Labute approximate surface area is 169 Å². The predicted molar refractivity (Wildman–Crippen MR) is 115 cm³/mol. The van der Waals surface area contributed by atoms with Crippen molar-refractivity contribution in [3.63, 3.8) is 0 Å². The zero-order valence-corrected chi connectivity index (χ0v) is 16.1. The zero-order valence-electron chi connectivity index (χ0n) is 16.1. The van der Waals surface area contributed by atoms with E-state index in [1.54, 1.807) is 30.7 Å². The van der Waals surface area contributed by atoms with Crippen LogP contribution in [0, 0.1) is 6.92 Å². The minimum absolute atomic E-state index is 0.268. The SMILES string of the molecule is Cc1ccc(C2=NN(c3ccc(C=NNC(=O)c4ccncc4)cc3)CC2)cc1. The van der Waals surface area contributed by atoms with Crippen molar-refractivity contribution in [3.05, 3.63) is 95.3 Å². The summed E-state index contributed by atoms with van der Waals surface area (Å²) < 4.78 is 0. The number of anilines is 1. The minimum atomic E-state index is -0.268. The predicted octanol–water partition coefficient (Wildman–Crippen LogP) is 3.77. The highest BCUT2D eigenvalue weighted by atomic mass is 16.2. The van der Waals surface area contributed by atoms with Gasteiger partial charge in [-0.15, -0.1) is 0 Å². The normalized spacial score (nSPS) is 13.6. The molecule has 0 aliphatic carbocycles. The molecule has 0 atom stereocenters. The molecule has 0 bridgehead atoms. The van der Waals surface area contributed by atoms with E-state index in [2.05, 4.69) is 46.7 Å². The molecular formula is C23H21N5O. The molecule has 3 aromatic rings. The standard InChI is InChI=1S/C23H21N5O/c1-17-2-6-19(7-3-17)22-12-15-28(27-22)21-8-4-18(5-9-21)16-25-26-23(29)20-10-13-24-14-11-20/h2-11,13-14,16H,12,15H2,1H3,(H,26,29). The second-order valence-corrected chi connectivity index (χ2v) is 6.81. The Morgan fingerprint density at radius 2 is 1.76 bits per heavy atom. The van der Waals surface area contributed by atoms with Gasteiger partial charge in [-0.3, -0.25) is 14.8 Å². The maximum absolute atomic E-state index is 12.0. The molecule has 1 N–H and O–H groups in total. The van der Waals surface area contributed by atoms with Crippen LogP contribution in [0.4, 0.5) is 5.69 Å². The van der Waals surface area contributed by atoms with Crippen LogP contribution in [0.5, 0.6) is 0 Å². The van der Waals surface area contributed by atoms with Gasteiger partial charge < -0.3 is 0 Å². The third-order valence-corrected chi connectivity index (χ3v) is 4.70. The first-order chi connectivity index (χ1) is 14.2. The van der Waals surface area contributed by atoms with Crippen molar-refractivity contribution in [1.29, 1.82) is 0 Å². The largest absolute Gasteiger partial charge is 0.271 e. The van der Waals surface area contributed by atoms with Gasteiger partial charge in [-0.05, 0) is 42.3 Å². The van der Waals surface area contributed by atoms with E-state index >= 15 is 0 Å². The lowest BCUT2D eigenvalue weighted by Gasteiger charge is -2.13. The lowest BCUT2D eigenvalue weighted by molar-refractivity contribution is 0.0955. The zero-order chi connectivity index (χ0) is 20.1. The summed E-state index contributed by atoms with van der Waals surface area (Å²) >= 11 is 0. The molecular weight excluding hydrogens is 362 g/mol. The summed E-state index contributed by atoms with van der Waals surface area (Å²) in [6, 6.07) is 19.7. The van der Waals surface area contributed by atoms with E-state index in [1.807, 2.05) is 29.3 Å². The van der Waals surface area contributed by atoms with Crippen molar-refractivity contribution in [2.45, 2.75) is 13.3 Å². The molecule has 1 amide bonds. The van der Waals surface area contributed by atoms with Crippen molar-refractivity contribution < 1.29 is 4.79 Å². The van der Waals surface area contributed by atoms with Crippen LogP contribution in [-0.2, 0) is 0 Å². The quantitative estimate of drug-likeness (QED) is 0.539. The van der Waals surface area contributed by atoms with Crippen molar-refractivity contribution in [1.82, 2.24) is 10.4 Å². The molecule has 0 saturated heterocycles. The Balaban J connectivity index is 1.38. The summed E-state index contributed by atoms with van der Waals surface area (Å²) in [6.45, 7) is 2.95. The molecule has 144 valence electrons. The van der Waals surface area contributed by atoms with Gasteiger partial charge in [0.1, 0.15) is 0 Å².